The first-order valence-electron chi connectivity index (χ1n) is 5.97. The van der Waals surface area contributed by atoms with E-state index in [4.69, 9.17) is 9.84 Å². The van der Waals surface area contributed by atoms with Crippen molar-refractivity contribution in [1.29, 1.82) is 0 Å². The third-order valence-electron chi connectivity index (χ3n) is 3.11. The Morgan fingerprint density at radius 3 is 2.83 bits per heavy atom. The quantitative estimate of drug-likeness (QED) is 0.865. The summed E-state index contributed by atoms with van der Waals surface area (Å²) in [7, 11) is 0. The van der Waals surface area contributed by atoms with Crippen LogP contribution < -0.4 is 4.90 Å². The average Bonchev–Trinajstić information content (AvgIpc) is 2.27. The number of rotatable bonds is 2. The van der Waals surface area contributed by atoms with Gasteiger partial charge in [0.05, 0.1) is 24.3 Å². The van der Waals surface area contributed by atoms with Crippen molar-refractivity contribution in [1.82, 2.24) is 4.98 Å². The van der Waals surface area contributed by atoms with Gasteiger partial charge in [-0.05, 0) is 32.9 Å². The highest BCUT2D eigenvalue weighted by atomic mass is 16.5. The average molecular weight is 250 g/mol. The van der Waals surface area contributed by atoms with Crippen LogP contribution in [0, 0.1) is 6.92 Å². The maximum Gasteiger partial charge on any atom is 0.335 e. The van der Waals surface area contributed by atoms with E-state index in [1.165, 1.54) is 0 Å². The molecule has 0 atom stereocenters. The second-order valence-electron chi connectivity index (χ2n) is 5.18. The molecule has 1 aromatic heterocycles. The number of ether oxygens (including phenoxy) is 1. The van der Waals surface area contributed by atoms with Crippen molar-refractivity contribution in [2.45, 2.75) is 26.3 Å². The molecule has 2 rings (SSSR count). The lowest BCUT2D eigenvalue weighted by Gasteiger charge is -2.43. The van der Waals surface area contributed by atoms with E-state index in [0.717, 1.165) is 6.54 Å². The van der Waals surface area contributed by atoms with Crippen LogP contribution in [0.25, 0.3) is 0 Å². The van der Waals surface area contributed by atoms with Gasteiger partial charge in [-0.15, -0.1) is 0 Å². The maximum atomic E-state index is 11.1. The smallest absolute Gasteiger partial charge is 0.335 e. The summed E-state index contributed by atoms with van der Waals surface area (Å²) in [6.45, 7) is 7.92. The van der Waals surface area contributed by atoms with Crippen LogP contribution in [-0.4, -0.2) is 41.4 Å². The number of nitrogens with zero attached hydrogens (tertiary/aromatic N) is 2. The van der Waals surface area contributed by atoms with Crippen LogP contribution in [0.2, 0.25) is 0 Å². The summed E-state index contributed by atoms with van der Waals surface area (Å²) in [6.07, 6.45) is 0. The van der Waals surface area contributed by atoms with E-state index >= 15 is 0 Å². The molecule has 0 amide bonds. The highest BCUT2D eigenvalue weighted by molar-refractivity contribution is 5.88. The Labute approximate surface area is 106 Å². The van der Waals surface area contributed by atoms with E-state index in [0.29, 0.717) is 24.7 Å². The van der Waals surface area contributed by atoms with Crippen LogP contribution in [0.5, 0.6) is 0 Å². The highest BCUT2D eigenvalue weighted by Gasteiger charge is 2.31. The lowest BCUT2D eigenvalue weighted by molar-refractivity contribution is 0.0637. The van der Waals surface area contributed by atoms with E-state index in [2.05, 4.69) is 23.7 Å². The fraction of sp³-hybridized carbons (Fsp3) is 0.538. The second kappa shape index (κ2) is 4.57. The van der Waals surface area contributed by atoms with Crippen molar-refractivity contribution in [2.24, 2.45) is 0 Å². The van der Waals surface area contributed by atoms with Crippen LogP contribution in [-0.2, 0) is 4.74 Å². The number of pyridine rings is 1. The van der Waals surface area contributed by atoms with Gasteiger partial charge >= 0.3 is 5.97 Å². The van der Waals surface area contributed by atoms with Crippen LogP contribution in [0.4, 0.5) is 5.82 Å². The van der Waals surface area contributed by atoms with E-state index in [1.807, 2.05) is 6.92 Å². The van der Waals surface area contributed by atoms with Gasteiger partial charge in [0.15, 0.2) is 0 Å². The van der Waals surface area contributed by atoms with Gasteiger partial charge in [0.2, 0.25) is 0 Å². The molecule has 1 N–H and O–H groups in total. The van der Waals surface area contributed by atoms with Crippen molar-refractivity contribution in [3.05, 3.63) is 23.4 Å². The maximum absolute atomic E-state index is 11.1. The first-order valence-corrected chi connectivity index (χ1v) is 5.97. The minimum atomic E-state index is -0.923. The van der Waals surface area contributed by atoms with E-state index in [-0.39, 0.29) is 11.1 Å². The molecule has 0 unspecified atom stereocenters. The predicted molar refractivity (Wildman–Crippen MR) is 68.2 cm³/mol. The Bertz CT molecular complexity index is 471. The van der Waals surface area contributed by atoms with Crippen molar-refractivity contribution in [3.63, 3.8) is 0 Å². The standard InChI is InChI=1S/C13H18N2O3/c1-9-6-10(12(16)17)7-11(14-9)15-4-5-18-8-13(15,2)3/h6-7H,4-5,8H2,1-3H3,(H,16,17). The predicted octanol–water partition coefficient (Wildman–Crippen LogP) is 1.70. The number of aryl methyl sites for hydroxylation is 1. The molecule has 18 heavy (non-hydrogen) atoms. The summed E-state index contributed by atoms with van der Waals surface area (Å²) < 4.78 is 5.46. The third-order valence-corrected chi connectivity index (χ3v) is 3.11. The van der Waals surface area contributed by atoms with Crippen molar-refractivity contribution in [2.75, 3.05) is 24.7 Å². The Balaban J connectivity index is 2.40. The van der Waals surface area contributed by atoms with E-state index < -0.39 is 5.97 Å². The zero-order valence-corrected chi connectivity index (χ0v) is 10.9. The van der Waals surface area contributed by atoms with Crippen molar-refractivity contribution < 1.29 is 14.6 Å². The fourth-order valence-electron chi connectivity index (χ4n) is 2.20. The lowest BCUT2D eigenvalue weighted by atomic mass is 10.0. The number of carboxylic acids is 1. The van der Waals surface area contributed by atoms with Crippen LogP contribution in [0.3, 0.4) is 0 Å². The Morgan fingerprint density at radius 2 is 2.22 bits per heavy atom. The van der Waals surface area contributed by atoms with Crippen LogP contribution in [0.1, 0.15) is 29.9 Å². The molecule has 1 aromatic rings. The van der Waals surface area contributed by atoms with E-state index in [9.17, 15) is 4.79 Å². The molecule has 0 bridgehead atoms. The highest BCUT2D eigenvalue weighted by Crippen LogP contribution is 2.26. The fourth-order valence-corrected chi connectivity index (χ4v) is 2.20. The number of carboxylic acid groups (broad SMARTS) is 1. The number of morpholine rings is 1. The van der Waals surface area contributed by atoms with Gasteiger partial charge in [-0.1, -0.05) is 0 Å². The molecule has 2 heterocycles. The molecule has 1 aliphatic heterocycles. The number of hydrogen-bond donors (Lipinski definition) is 1. The molecule has 0 aromatic carbocycles. The molecular formula is C13H18N2O3. The molecule has 0 radical (unpaired) electrons. The largest absolute Gasteiger partial charge is 0.478 e. The van der Waals surface area contributed by atoms with Crippen LogP contribution >= 0.6 is 0 Å². The number of aromatic carboxylic acids is 1. The second-order valence-corrected chi connectivity index (χ2v) is 5.18. The number of anilines is 1. The molecule has 1 fully saturated rings. The SMILES string of the molecule is Cc1cc(C(=O)O)cc(N2CCOCC2(C)C)n1. The number of hydrogen-bond acceptors (Lipinski definition) is 4. The molecular weight excluding hydrogens is 232 g/mol. The Kier molecular flexibility index (Phi) is 3.26. The van der Waals surface area contributed by atoms with Crippen molar-refractivity contribution in [3.8, 4) is 0 Å². The van der Waals surface area contributed by atoms with Crippen LogP contribution in [0.15, 0.2) is 12.1 Å². The molecule has 1 aliphatic rings. The molecule has 5 heteroatoms. The Morgan fingerprint density at radius 1 is 1.50 bits per heavy atom. The first kappa shape index (κ1) is 12.8. The van der Waals surface area contributed by atoms with Crippen molar-refractivity contribution >= 4 is 11.8 Å². The van der Waals surface area contributed by atoms with Gasteiger partial charge in [0.1, 0.15) is 5.82 Å². The lowest BCUT2D eigenvalue weighted by Crippen LogP contribution is -2.53. The third kappa shape index (κ3) is 2.46. The summed E-state index contributed by atoms with van der Waals surface area (Å²) in [5.41, 5.74) is 0.821. The molecule has 98 valence electrons. The first-order chi connectivity index (χ1) is 8.40. The monoisotopic (exact) mass is 250 g/mol. The molecule has 5 nitrogen and oxygen atoms in total. The summed E-state index contributed by atoms with van der Waals surface area (Å²) >= 11 is 0. The van der Waals surface area contributed by atoms with E-state index in [1.54, 1.807) is 12.1 Å². The topological polar surface area (TPSA) is 62.7 Å². The minimum Gasteiger partial charge on any atom is -0.478 e. The number of aromatic nitrogens is 1. The summed E-state index contributed by atoms with van der Waals surface area (Å²) in [5.74, 6) is -0.214. The van der Waals surface area contributed by atoms with Gasteiger partial charge in [0.25, 0.3) is 0 Å². The zero-order chi connectivity index (χ0) is 13.3. The molecule has 0 spiro atoms. The van der Waals surface area contributed by atoms with Gasteiger partial charge in [-0.25, -0.2) is 9.78 Å². The molecule has 1 saturated heterocycles. The van der Waals surface area contributed by atoms with Gasteiger partial charge in [-0.3, -0.25) is 0 Å². The Hall–Kier alpha value is -1.62. The summed E-state index contributed by atoms with van der Waals surface area (Å²) in [4.78, 5) is 17.6. The molecule has 0 aliphatic carbocycles. The summed E-state index contributed by atoms with van der Waals surface area (Å²) in [6, 6.07) is 3.21. The van der Waals surface area contributed by atoms with Gasteiger partial charge in [0, 0.05) is 12.2 Å². The normalized spacial score (nSPS) is 18.7. The number of carbonyl (C=O) groups is 1. The summed E-state index contributed by atoms with van der Waals surface area (Å²) in [5, 5.41) is 9.09. The van der Waals surface area contributed by atoms with Gasteiger partial charge in [-0.2, -0.15) is 0 Å². The van der Waals surface area contributed by atoms with Gasteiger partial charge < -0.3 is 14.7 Å². The molecule has 0 saturated carbocycles. The zero-order valence-electron chi connectivity index (χ0n) is 10.9. The minimum absolute atomic E-state index is 0.172.